The van der Waals surface area contributed by atoms with Crippen LogP contribution in [0.4, 0.5) is 0 Å². The lowest BCUT2D eigenvalue weighted by molar-refractivity contribution is 0.876. The van der Waals surface area contributed by atoms with E-state index < -0.39 is 0 Å². The number of fused-ring (bicyclic) bond motifs is 4. The average Bonchev–Trinajstić information content (AvgIpc) is 2.87. The van der Waals surface area contributed by atoms with E-state index in [1.54, 1.807) is 0 Å². The van der Waals surface area contributed by atoms with Gasteiger partial charge >= 0.3 is 0 Å². The van der Waals surface area contributed by atoms with Crippen molar-refractivity contribution in [3.63, 3.8) is 0 Å². The molecular weight excluding hydrogens is 400 g/mol. The van der Waals surface area contributed by atoms with Crippen molar-refractivity contribution in [2.75, 3.05) is 0 Å². The molecule has 0 atom stereocenters. The van der Waals surface area contributed by atoms with Crippen molar-refractivity contribution < 1.29 is 0 Å². The van der Waals surface area contributed by atoms with Crippen LogP contribution in [0, 0.1) is 0 Å². The lowest BCUT2D eigenvalue weighted by atomic mass is 9.83. The molecule has 0 bridgehead atoms. The molecule has 0 spiro atoms. The monoisotopic (exact) mass is 426 g/mol. The molecule has 0 unspecified atom stereocenters. The Bertz CT molecular complexity index is 1480. The van der Waals surface area contributed by atoms with Crippen molar-refractivity contribution in [1.29, 1.82) is 0 Å². The highest BCUT2D eigenvalue weighted by Gasteiger charge is 2.22. The second kappa shape index (κ2) is 7.97. The number of hydrogen-bond acceptors (Lipinski definition) is 2. The van der Waals surface area contributed by atoms with Crippen LogP contribution in [0.25, 0.3) is 44.4 Å². The van der Waals surface area contributed by atoms with Crippen LogP contribution in [-0.4, -0.2) is 9.97 Å². The minimum absolute atomic E-state index is 0.454. The summed E-state index contributed by atoms with van der Waals surface area (Å²) in [6.07, 6.45) is 6.01. The van der Waals surface area contributed by atoms with Gasteiger partial charge in [0.1, 0.15) is 0 Å². The molecule has 3 aromatic carbocycles. The summed E-state index contributed by atoms with van der Waals surface area (Å²) in [4.78, 5) is 9.71. The van der Waals surface area contributed by atoms with E-state index >= 15 is 0 Å². The number of aromatic nitrogens is 2. The maximum atomic E-state index is 4.89. The van der Waals surface area contributed by atoms with Gasteiger partial charge in [-0.05, 0) is 76.1 Å². The Hall–Kier alpha value is -3.78. The van der Waals surface area contributed by atoms with Crippen LogP contribution in [-0.2, 0) is 12.8 Å². The van der Waals surface area contributed by atoms with Crippen LogP contribution in [0.15, 0.2) is 91.3 Å². The van der Waals surface area contributed by atoms with Crippen molar-refractivity contribution in [3.05, 3.63) is 108 Å². The molecule has 0 saturated heterocycles. The van der Waals surface area contributed by atoms with Gasteiger partial charge in [-0.2, -0.15) is 0 Å². The number of nitrogens with zero attached hydrogens (tertiary/aromatic N) is 2. The summed E-state index contributed by atoms with van der Waals surface area (Å²) >= 11 is 0. The number of rotatable bonds is 3. The third kappa shape index (κ3) is 3.43. The fraction of sp³-hybridized carbons (Fsp3) is 0.161. The molecule has 0 amide bonds. The Morgan fingerprint density at radius 2 is 1.55 bits per heavy atom. The quantitative estimate of drug-likeness (QED) is 0.293. The molecule has 160 valence electrons. The first kappa shape index (κ1) is 19.9. The molecule has 33 heavy (non-hydrogen) atoms. The van der Waals surface area contributed by atoms with E-state index in [1.165, 1.54) is 49.7 Å². The largest absolute Gasteiger partial charge is 0.256 e. The van der Waals surface area contributed by atoms with Crippen molar-refractivity contribution in [2.24, 2.45) is 0 Å². The van der Waals surface area contributed by atoms with Gasteiger partial charge in [0.05, 0.1) is 11.4 Å². The van der Waals surface area contributed by atoms with Gasteiger partial charge in [-0.25, -0.2) is 0 Å². The first-order valence-electron chi connectivity index (χ1n) is 11.7. The van der Waals surface area contributed by atoms with Crippen LogP contribution in [0.1, 0.15) is 36.5 Å². The summed E-state index contributed by atoms with van der Waals surface area (Å²) in [6, 6.07) is 28.2. The van der Waals surface area contributed by atoms with Gasteiger partial charge in [0.2, 0.25) is 0 Å². The van der Waals surface area contributed by atoms with E-state index in [2.05, 4.69) is 92.8 Å². The van der Waals surface area contributed by atoms with E-state index in [0.29, 0.717) is 5.92 Å². The van der Waals surface area contributed by atoms with E-state index in [1.807, 2.05) is 12.3 Å². The van der Waals surface area contributed by atoms with Crippen LogP contribution in [0.2, 0.25) is 0 Å². The highest BCUT2D eigenvalue weighted by Crippen LogP contribution is 2.40. The smallest absolute Gasteiger partial charge is 0.0740 e. The number of hydrogen-bond donors (Lipinski definition) is 0. The first-order valence-corrected chi connectivity index (χ1v) is 11.7. The molecule has 2 nitrogen and oxygen atoms in total. The Balaban J connectivity index is 1.49. The molecule has 5 aromatic rings. The molecule has 6 rings (SSSR count). The van der Waals surface area contributed by atoms with Crippen molar-refractivity contribution in [2.45, 2.75) is 32.6 Å². The van der Waals surface area contributed by atoms with E-state index in [4.69, 9.17) is 9.97 Å². The predicted molar refractivity (Wildman–Crippen MR) is 137 cm³/mol. The standard InChI is InChI=1S/C31H26N2/c1-20(2)28-17-24(16-22-10-6-7-11-25(22)28)31-27-13-12-23-18-30(21-8-4-3-5-9-21)33-19-29(23)26(27)14-15-32-31/h3-11,14-20H,12-13H2,1-2H3. The lowest BCUT2D eigenvalue weighted by Gasteiger charge is -2.23. The van der Waals surface area contributed by atoms with E-state index in [9.17, 15) is 0 Å². The molecule has 1 aliphatic rings. The molecule has 2 aromatic heterocycles. The molecule has 0 N–H and O–H groups in total. The maximum absolute atomic E-state index is 4.89. The first-order chi connectivity index (χ1) is 16.2. The molecule has 2 heteroatoms. The minimum Gasteiger partial charge on any atom is -0.256 e. The van der Waals surface area contributed by atoms with Crippen molar-refractivity contribution >= 4 is 10.8 Å². The highest BCUT2D eigenvalue weighted by molar-refractivity contribution is 5.91. The Morgan fingerprint density at radius 1 is 0.727 bits per heavy atom. The molecule has 0 radical (unpaired) electrons. The third-order valence-corrected chi connectivity index (χ3v) is 6.84. The van der Waals surface area contributed by atoms with Crippen LogP contribution in [0.5, 0.6) is 0 Å². The molecule has 0 saturated carbocycles. The fourth-order valence-electron chi connectivity index (χ4n) is 5.17. The zero-order chi connectivity index (χ0) is 22.4. The zero-order valence-electron chi connectivity index (χ0n) is 19.0. The summed E-state index contributed by atoms with van der Waals surface area (Å²) in [5.74, 6) is 0.454. The van der Waals surface area contributed by atoms with Gasteiger partial charge in [-0.3, -0.25) is 9.97 Å². The van der Waals surface area contributed by atoms with Gasteiger partial charge in [0, 0.05) is 29.1 Å². The maximum Gasteiger partial charge on any atom is 0.0740 e. The van der Waals surface area contributed by atoms with Crippen LogP contribution < -0.4 is 0 Å². The van der Waals surface area contributed by atoms with Gasteiger partial charge in [0.15, 0.2) is 0 Å². The molecule has 1 aliphatic carbocycles. The summed E-state index contributed by atoms with van der Waals surface area (Å²) in [5, 5.41) is 2.62. The van der Waals surface area contributed by atoms with Crippen molar-refractivity contribution in [3.8, 4) is 33.6 Å². The van der Waals surface area contributed by atoms with Crippen LogP contribution in [0.3, 0.4) is 0 Å². The summed E-state index contributed by atoms with van der Waals surface area (Å²) in [7, 11) is 0. The van der Waals surface area contributed by atoms with E-state index in [0.717, 1.165) is 24.2 Å². The predicted octanol–water partition coefficient (Wildman–Crippen LogP) is 7.85. The fourth-order valence-corrected chi connectivity index (χ4v) is 5.17. The number of aryl methyl sites for hydroxylation is 1. The Labute approximate surface area is 195 Å². The summed E-state index contributed by atoms with van der Waals surface area (Å²) in [5.41, 5.74) is 11.1. The molecule has 0 aliphatic heterocycles. The lowest BCUT2D eigenvalue weighted by Crippen LogP contribution is -2.08. The van der Waals surface area contributed by atoms with Gasteiger partial charge in [-0.15, -0.1) is 0 Å². The van der Waals surface area contributed by atoms with Gasteiger partial charge < -0.3 is 0 Å². The normalized spacial score (nSPS) is 12.6. The topological polar surface area (TPSA) is 25.8 Å². The Kier molecular flexibility index (Phi) is 4.80. The average molecular weight is 427 g/mol. The highest BCUT2D eigenvalue weighted by atomic mass is 14.7. The third-order valence-electron chi connectivity index (χ3n) is 6.84. The van der Waals surface area contributed by atoms with E-state index in [-0.39, 0.29) is 0 Å². The van der Waals surface area contributed by atoms with Crippen molar-refractivity contribution in [1.82, 2.24) is 9.97 Å². The number of benzene rings is 3. The molecular formula is C31H26N2. The van der Waals surface area contributed by atoms with Gasteiger partial charge in [0.25, 0.3) is 0 Å². The summed E-state index contributed by atoms with van der Waals surface area (Å²) < 4.78 is 0. The number of pyridine rings is 2. The zero-order valence-corrected chi connectivity index (χ0v) is 19.0. The second-order valence-electron chi connectivity index (χ2n) is 9.22. The van der Waals surface area contributed by atoms with Gasteiger partial charge in [-0.1, -0.05) is 68.4 Å². The van der Waals surface area contributed by atoms with Crippen LogP contribution >= 0.6 is 0 Å². The Morgan fingerprint density at radius 3 is 2.39 bits per heavy atom. The SMILES string of the molecule is CC(C)c1cc(-c2nccc3c2CCc2cc(-c4ccccc4)ncc2-3)cc2ccccc12. The summed E-state index contributed by atoms with van der Waals surface area (Å²) in [6.45, 7) is 4.54. The minimum atomic E-state index is 0.454. The molecule has 0 fully saturated rings. The molecule has 2 heterocycles. The second-order valence-corrected chi connectivity index (χ2v) is 9.22.